The lowest BCUT2D eigenvalue weighted by Crippen LogP contribution is -2.33. The lowest BCUT2D eigenvalue weighted by molar-refractivity contribution is -0.121. The van der Waals surface area contributed by atoms with Crippen LogP contribution in [0.5, 0.6) is 0 Å². The van der Waals surface area contributed by atoms with Crippen molar-refractivity contribution in [2.24, 2.45) is 0 Å². The van der Waals surface area contributed by atoms with Crippen LogP contribution in [0.2, 0.25) is 0 Å². The molecule has 0 heterocycles. The molecule has 7 heteroatoms. The minimum Gasteiger partial charge on any atom is -0.349 e. The zero-order valence-electron chi connectivity index (χ0n) is 15.6. The van der Waals surface area contributed by atoms with E-state index in [4.69, 9.17) is 0 Å². The van der Waals surface area contributed by atoms with Crippen LogP contribution in [0.1, 0.15) is 37.8 Å². The average Bonchev–Trinajstić information content (AvgIpc) is 2.64. The van der Waals surface area contributed by atoms with E-state index in [1.807, 2.05) is 37.3 Å². The Kier molecular flexibility index (Phi) is 7.36. The topological polar surface area (TPSA) is 66.5 Å². The highest BCUT2D eigenvalue weighted by atomic mass is 32.2. The van der Waals surface area contributed by atoms with Crippen molar-refractivity contribution < 1.29 is 17.6 Å². The van der Waals surface area contributed by atoms with E-state index in [1.165, 1.54) is 18.2 Å². The summed E-state index contributed by atoms with van der Waals surface area (Å²) in [6.45, 7) is 2.02. The van der Waals surface area contributed by atoms with Gasteiger partial charge in [0.25, 0.3) is 0 Å². The first kappa shape index (κ1) is 20.9. The van der Waals surface area contributed by atoms with Crippen molar-refractivity contribution in [3.63, 3.8) is 0 Å². The fourth-order valence-corrected chi connectivity index (χ4v) is 3.84. The molecule has 0 unspecified atom stereocenters. The molecule has 0 saturated carbocycles. The van der Waals surface area contributed by atoms with E-state index in [0.29, 0.717) is 6.42 Å². The predicted molar refractivity (Wildman–Crippen MR) is 105 cm³/mol. The van der Waals surface area contributed by atoms with Gasteiger partial charge in [-0.3, -0.25) is 9.10 Å². The molecular formula is C20H25FN2O3S. The van der Waals surface area contributed by atoms with Crippen LogP contribution in [0, 0.1) is 5.82 Å². The summed E-state index contributed by atoms with van der Waals surface area (Å²) in [4.78, 5) is 12.3. The molecule has 0 bridgehead atoms. The number of nitrogens with one attached hydrogen (secondary N) is 1. The van der Waals surface area contributed by atoms with Crippen LogP contribution in [-0.2, 0) is 14.8 Å². The van der Waals surface area contributed by atoms with E-state index in [0.717, 1.165) is 22.5 Å². The van der Waals surface area contributed by atoms with Crippen LogP contribution >= 0.6 is 0 Å². The lowest BCUT2D eigenvalue weighted by Gasteiger charge is -2.23. The third kappa shape index (κ3) is 6.06. The quantitative estimate of drug-likeness (QED) is 0.708. The zero-order valence-corrected chi connectivity index (χ0v) is 16.4. The molecule has 2 aromatic rings. The molecule has 5 nitrogen and oxygen atoms in total. The van der Waals surface area contributed by atoms with Gasteiger partial charge in [-0.1, -0.05) is 49.4 Å². The second-order valence-electron chi connectivity index (χ2n) is 6.33. The molecule has 0 saturated heterocycles. The van der Waals surface area contributed by atoms with Crippen molar-refractivity contribution in [2.75, 3.05) is 17.1 Å². The Balaban J connectivity index is 1.96. The number of anilines is 1. The maximum absolute atomic E-state index is 14.0. The Morgan fingerprint density at radius 3 is 2.33 bits per heavy atom. The smallest absolute Gasteiger partial charge is 0.232 e. The molecule has 2 rings (SSSR count). The van der Waals surface area contributed by atoms with Crippen molar-refractivity contribution in [3.05, 3.63) is 66.0 Å². The minimum absolute atomic E-state index is 0.00358. The first-order chi connectivity index (χ1) is 12.8. The third-order valence-electron chi connectivity index (χ3n) is 4.23. The van der Waals surface area contributed by atoms with Gasteiger partial charge in [-0.05, 0) is 30.5 Å². The lowest BCUT2D eigenvalue weighted by atomic mass is 10.0. The maximum atomic E-state index is 14.0. The monoisotopic (exact) mass is 392 g/mol. The molecule has 0 radical (unpaired) electrons. The molecule has 1 amide bonds. The summed E-state index contributed by atoms with van der Waals surface area (Å²) in [7, 11) is -3.65. The fourth-order valence-electron chi connectivity index (χ4n) is 2.88. The van der Waals surface area contributed by atoms with E-state index in [2.05, 4.69) is 5.32 Å². The molecule has 0 spiro atoms. The summed E-state index contributed by atoms with van der Waals surface area (Å²) in [5.41, 5.74) is 1.02. The van der Waals surface area contributed by atoms with Gasteiger partial charge in [0, 0.05) is 13.0 Å². The molecular weight excluding hydrogens is 367 g/mol. The SMILES string of the molecule is CC[C@H](NC(=O)CCCN(c1ccccc1F)S(C)(=O)=O)c1ccccc1. The third-order valence-corrected chi connectivity index (χ3v) is 5.41. The van der Waals surface area contributed by atoms with Crippen molar-refractivity contribution in [1.29, 1.82) is 0 Å². The Morgan fingerprint density at radius 2 is 1.74 bits per heavy atom. The summed E-state index contributed by atoms with van der Waals surface area (Å²) >= 11 is 0. The largest absolute Gasteiger partial charge is 0.349 e. The summed E-state index contributed by atoms with van der Waals surface area (Å²) in [5, 5.41) is 2.97. The van der Waals surface area contributed by atoms with Crippen molar-refractivity contribution >= 4 is 21.6 Å². The standard InChI is InChI=1S/C20H25FN2O3S/c1-3-18(16-10-5-4-6-11-16)22-20(24)14-9-15-23(27(2,25)26)19-13-8-7-12-17(19)21/h4-8,10-13,18H,3,9,14-15H2,1-2H3,(H,22,24)/t18-/m0/s1. The second kappa shape index (κ2) is 9.50. The molecule has 0 aliphatic carbocycles. The molecule has 2 aromatic carbocycles. The minimum atomic E-state index is -3.65. The number of carbonyl (C=O) groups is 1. The number of hydrogen-bond acceptors (Lipinski definition) is 3. The highest BCUT2D eigenvalue weighted by Crippen LogP contribution is 2.22. The summed E-state index contributed by atoms with van der Waals surface area (Å²) < 4.78 is 39.0. The Bertz CT molecular complexity index is 857. The van der Waals surface area contributed by atoms with Crippen molar-refractivity contribution in [3.8, 4) is 0 Å². The zero-order chi connectivity index (χ0) is 19.9. The normalized spacial score (nSPS) is 12.4. The molecule has 146 valence electrons. The van der Waals surface area contributed by atoms with Gasteiger partial charge in [0.15, 0.2) is 0 Å². The van der Waals surface area contributed by atoms with Gasteiger partial charge in [0.1, 0.15) is 5.82 Å². The Labute approximate surface area is 160 Å². The number of rotatable bonds is 9. The van der Waals surface area contributed by atoms with Gasteiger partial charge in [0.05, 0.1) is 18.0 Å². The van der Waals surface area contributed by atoms with Gasteiger partial charge in [0.2, 0.25) is 15.9 Å². The number of halogens is 1. The highest BCUT2D eigenvalue weighted by Gasteiger charge is 2.21. The van der Waals surface area contributed by atoms with Gasteiger partial charge in [-0.25, -0.2) is 12.8 Å². The van der Waals surface area contributed by atoms with E-state index in [-0.39, 0.29) is 30.6 Å². The molecule has 0 aliphatic heterocycles. The second-order valence-corrected chi connectivity index (χ2v) is 8.24. The molecule has 0 aromatic heterocycles. The predicted octanol–water partition coefficient (Wildman–Crippen LogP) is 3.64. The number of nitrogens with zero attached hydrogens (tertiary/aromatic N) is 1. The molecule has 1 N–H and O–H groups in total. The van der Waals surface area contributed by atoms with Gasteiger partial charge < -0.3 is 5.32 Å². The first-order valence-electron chi connectivity index (χ1n) is 8.89. The van der Waals surface area contributed by atoms with E-state index < -0.39 is 15.8 Å². The summed E-state index contributed by atoms with van der Waals surface area (Å²) in [6, 6.07) is 15.3. The number of benzene rings is 2. The Hall–Kier alpha value is -2.41. The number of carbonyl (C=O) groups excluding carboxylic acids is 1. The number of amides is 1. The van der Waals surface area contributed by atoms with Gasteiger partial charge in [-0.2, -0.15) is 0 Å². The van der Waals surface area contributed by atoms with Crippen LogP contribution < -0.4 is 9.62 Å². The van der Waals surface area contributed by atoms with Crippen LogP contribution in [0.25, 0.3) is 0 Å². The molecule has 1 atom stereocenters. The van der Waals surface area contributed by atoms with Crippen LogP contribution in [-0.4, -0.2) is 27.1 Å². The van der Waals surface area contributed by atoms with Crippen molar-refractivity contribution in [1.82, 2.24) is 5.32 Å². The fraction of sp³-hybridized carbons (Fsp3) is 0.350. The van der Waals surface area contributed by atoms with Crippen LogP contribution in [0.3, 0.4) is 0 Å². The Morgan fingerprint density at radius 1 is 1.11 bits per heavy atom. The number of sulfonamides is 1. The van der Waals surface area contributed by atoms with Gasteiger partial charge in [-0.15, -0.1) is 0 Å². The van der Waals surface area contributed by atoms with E-state index in [9.17, 15) is 17.6 Å². The average molecular weight is 392 g/mol. The van der Waals surface area contributed by atoms with Crippen LogP contribution in [0.4, 0.5) is 10.1 Å². The van der Waals surface area contributed by atoms with Crippen LogP contribution in [0.15, 0.2) is 54.6 Å². The maximum Gasteiger partial charge on any atom is 0.232 e. The first-order valence-corrected chi connectivity index (χ1v) is 10.7. The molecule has 27 heavy (non-hydrogen) atoms. The van der Waals surface area contributed by atoms with Gasteiger partial charge >= 0.3 is 0 Å². The van der Waals surface area contributed by atoms with E-state index in [1.54, 1.807) is 6.07 Å². The highest BCUT2D eigenvalue weighted by molar-refractivity contribution is 7.92. The number of para-hydroxylation sites is 1. The summed E-state index contributed by atoms with van der Waals surface area (Å²) in [5.74, 6) is -0.768. The summed E-state index contributed by atoms with van der Waals surface area (Å²) in [6.07, 6.45) is 2.23. The number of hydrogen-bond donors (Lipinski definition) is 1. The van der Waals surface area contributed by atoms with E-state index >= 15 is 0 Å². The molecule has 0 fully saturated rings. The molecule has 0 aliphatic rings. The van der Waals surface area contributed by atoms with Crippen molar-refractivity contribution in [2.45, 2.75) is 32.2 Å².